The van der Waals surface area contributed by atoms with E-state index in [4.69, 9.17) is 4.74 Å². The van der Waals surface area contributed by atoms with Crippen LogP contribution >= 0.6 is 12.4 Å². The van der Waals surface area contributed by atoms with Crippen molar-refractivity contribution in [2.45, 2.75) is 25.9 Å². The highest BCUT2D eigenvalue weighted by Crippen LogP contribution is 2.28. The number of hydrogen-bond donors (Lipinski definition) is 1. The van der Waals surface area contributed by atoms with Gasteiger partial charge in [0.15, 0.2) is 5.75 Å². The predicted octanol–water partition coefficient (Wildman–Crippen LogP) is 1.85. The van der Waals surface area contributed by atoms with Gasteiger partial charge in [-0.1, -0.05) is 0 Å². The second kappa shape index (κ2) is 7.42. The van der Waals surface area contributed by atoms with Crippen LogP contribution in [0.3, 0.4) is 0 Å². The molecule has 7 nitrogen and oxygen atoms in total. The molecule has 0 aliphatic carbocycles. The molecule has 1 aliphatic heterocycles. The maximum absolute atomic E-state index is 12.5. The van der Waals surface area contributed by atoms with Gasteiger partial charge in [-0.25, -0.2) is 0 Å². The fourth-order valence-electron chi connectivity index (χ4n) is 2.64. The molecule has 0 aromatic heterocycles. The van der Waals surface area contributed by atoms with Crippen molar-refractivity contribution in [3.8, 4) is 5.75 Å². The summed E-state index contributed by atoms with van der Waals surface area (Å²) in [7, 11) is 1.36. The molecule has 0 saturated carbocycles. The third kappa shape index (κ3) is 3.86. The third-order valence-corrected chi connectivity index (χ3v) is 3.47. The number of carbonyl (C=O) groups excluding carboxylic acids is 1. The first-order valence-corrected chi connectivity index (χ1v) is 6.80. The average molecular weight is 330 g/mol. The molecule has 1 aliphatic rings. The molecule has 1 heterocycles. The molecule has 122 valence electrons. The van der Waals surface area contributed by atoms with Crippen LogP contribution < -0.4 is 10.1 Å². The largest absolute Gasteiger partial charge is 0.490 e. The van der Waals surface area contributed by atoms with E-state index in [2.05, 4.69) is 5.32 Å². The minimum atomic E-state index is -0.543. The summed E-state index contributed by atoms with van der Waals surface area (Å²) < 4.78 is 4.94. The van der Waals surface area contributed by atoms with Crippen LogP contribution in [0.1, 0.15) is 24.2 Å². The Balaban J connectivity index is 0.00000242. The van der Waals surface area contributed by atoms with Crippen LogP contribution in [0.15, 0.2) is 18.2 Å². The van der Waals surface area contributed by atoms with E-state index in [1.165, 1.54) is 19.2 Å². The third-order valence-electron chi connectivity index (χ3n) is 3.47. The average Bonchev–Trinajstić information content (AvgIpc) is 2.44. The minimum absolute atomic E-state index is 0. The lowest BCUT2D eigenvalue weighted by Crippen LogP contribution is -2.55. The summed E-state index contributed by atoms with van der Waals surface area (Å²) in [6.45, 7) is 5.19. The van der Waals surface area contributed by atoms with Crippen molar-refractivity contribution < 1.29 is 14.5 Å². The van der Waals surface area contributed by atoms with Crippen LogP contribution in [0.25, 0.3) is 0 Å². The standard InChI is InChI=1S/C14H19N3O4.ClH/c1-9-7-16(8-10(2)15-9)14(18)11-4-5-13(21-3)12(6-11)17(19)20;/h4-6,9-10,15H,7-8H2,1-3H3;1H. The summed E-state index contributed by atoms with van der Waals surface area (Å²) >= 11 is 0. The number of ether oxygens (including phenoxy) is 1. The monoisotopic (exact) mass is 329 g/mol. The number of carbonyl (C=O) groups is 1. The first kappa shape index (κ1) is 18.2. The van der Waals surface area contributed by atoms with Crippen LogP contribution in [0.2, 0.25) is 0 Å². The number of methoxy groups -OCH3 is 1. The molecule has 1 fully saturated rings. The molecule has 22 heavy (non-hydrogen) atoms. The van der Waals surface area contributed by atoms with Gasteiger partial charge >= 0.3 is 5.69 Å². The van der Waals surface area contributed by atoms with Crippen molar-refractivity contribution in [2.24, 2.45) is 0 Å². The number of rotatable bonds is 3. The molecule has 8 heteroatoms. The van der Waals surface area contributed by atoms with Crippen molar-refractivity contribution >= 4 is 24.0 Å². The molecule has 0 spiro atoms. The second-order valence-electron chi connectivity index (χ2n) is 5.32. The van der Waals surface area contributed by atoms with Crippen LogP contribution in [0.4, 0.5) is 5.69 Å². The molecule has 1 aromatic carbocycles. The van der Waals surface area contributed by atoms with E-state index in [-0.39, 0.29) is 41.8 Å². The van der Waals surface area contributed by atoms with Gasteiger partial charge in [0.2, 0.25) is 0 Å². The Kier molecular flexibility index (Phi) is 6.13. The number of benzene rings is 1. The number of piperazine rings is 1. The van der Waals surface area contributed by atoms with Gasteiger partial charge in [0.1, 0.15) is 0 Å². The normalized spacial score (nSPS) is 21.0. The molecule has 2 rings (SSSR count). The molecule has 1 saturated heterocycles. The van der Waals surface area contributed by atoms with Crippen LogP contribution in [0, 0.1) is 10.1 Å². The summed E-state index contributed by atoms with van der Waals surface area (Å²) in [5.74, 6) is -0.0421. The lowest BCUT2D eigenvalue weighted by atomic mass is 10.1. The van der Waals surface area contributed by atoms with Gasteiger partial charge in [-0.3, -0.25) is 14.9 Å². The number of amides is 1. The number of nitro groups is 1. The Morgan fingerprint density at radius 1 is 1.36 bits per heavy atom. The maximum Gasteiger partial charge on any atom is 0.311 e. The van der Waals surface area contributed by atoms with Crippen LogP contribution in [-0.4, -0.2) is 48.0 Å². The highest BCUT2D eigenvalue weighted by atomic mass is 35.5. The highest BCUT2D eigenvalue weighted by Gasteiger charge is 2.27. The second-order valence-corrected chi connectivity index (χ2v) is 5.32. The van der Waals surface area contributed by atoms with Gasteiger partial charge in [0, 0.05) is 36.8 Å². The molecule has 2 unspecified atom stereocenters. The number of nitrogens with zero attached hydrogens (tertiary/aromatic N) is 2. The van der Waals surface area contributed by atoms with Gasteiger partial charge in [0.25, 0.3) is 5.91 Å². The van der Waals surface area contributed by atoms with Gasteiger partial charge < -0.3 is 15.0 Å². The van der Waals surface area contributed by atoms with Crippen LogP contribution in [0.5, 0.6) is 5.75 Å². The smallest absolute Gasteiger partial charge is 0.311 e. The maximum atomic E-state index is 12.5. The van der Waals surface area contributed by atoms with Crippen molar-refractivity contribution in [3.63, 3.8) is 0 Å². The molecular formula is C14H20ClN3O4. The van der Waals surface area contributed by atoms with Gasteiger partial charge in [0.05, 0.1) is 12.0 Å². The zero-order valence-corrected chi connectivity index (χ0v) is 13.6. The van der Waals surface area contributed by atoms with Crippen molar-refractivity contribution in [1.29, 1.82) is 0 Å². The number of hydrogen-bond acceptors (Lipinski definition) is 5. The molecular weight excluding hydrogens is 310 g/mol. The zero-order valence-electron chi connectivity index (χ0n) is 12.7. The molecule has 1 N–H and O–H groups in total. The summed E-state index contributed by atoms with van der Waals surface area (Å²) in [5.41, 5.74) is 0.114. The summed E-state index contributed by atoms with van der Waals surface area (Å²) in [5, 5.41) is 14.4. The Hall–Kier alpha value is -1.86. The van der Waals surface area contributed by atoms with E-state index < -0.39 is 4.92 Å². The number of nitrogens with one attached hydrogen (secondary N) is 1. The fourth-order valence-corrected chi connectivity index (χ4v) is 2.64. The number of nitro benzene ring substituents is 1. The zero-order chi connectivity index (χ0) is 15.6. The quantitative estimate of drug-likeness (QED) is 0.675. The first-order chi connectivity index (χ1) is 9.92. The Morgan fingerprint density at radius 2 is 1.95 bits per heavy atom. The van der Waals surface area contributed by atoms with Crippen molar-refractivity contribution in [3.05, 3.63) is 33.9 Å². The molecule has 2 atom stereocenters. The molecule has 1 aromatic rings. The topological polar surface area (TPSA) is 84.7 Å². The fraction of sp³-hybridized carbons (Fsp3) is 0.500. The van der Waals surface area contributed by atoms with E-state index in [9.17, 15) is 14.9 Å². The summed E-state index contributed by atoms with van der Waals surface area (Å²) in [6.07, 6.45) is 0. The van der Waals surface area contributed by atoms with E-state index in [1.807, 2.05) is 13.8 Å². The molecule has 0 bridgehead atoms. The van der Waals surface area contributed by atoms with E-state index in [0.29, 0.717) is 18.7 Å². The Morgan fingerprint density at radius 3 is 2.45 bits per heavy atom. The lowest BCUT2D eigenvalue weighted by molar-refractivity contribution is -0.385. The van der Waals surface area contributed by atoms with Gasteiger partial charge in [-0.15, -0.1) is 12.4 Å². The lowest BCUT2D eigenvalue weighted by Gasteiger charge is -2.36. The van der Waals surface area contributed by atoms with E-state index in [0.717, 1.165) is 0 Å². The van der Waals surface area contributed by atoms with Crippen LogP contribution in [-0.2, 0) is 0 Å². The van der Waals surface area contributed by atoms with Crippen molar-refractivity contribution in [2.75, 3.05) is 20.2 Å². The highest BCUT2D eigenvalue weighted by molar-refractivity contribution is 5.95. The Labute approximate surface area is 135 Å². The minimum Gasteiger partial charge on any atom is -0.490 e. The number of halogens is 1. The molecule has 0 radical (unpaired) electrons. The summed E-state index contributed by atoms with van der Waals surface area (Å²) in [6, 6.07) is 4.70. The van der Waals surface area contributed by atoms with E-state index in [1.54, 1.807) is 11.0 Å². The SMILES string of the molecule is COc1ccc(C(=O)N2CC(C)NC(C)C2)cc1[N+](=O)[O-].Cl. The summed E-state index contributed by atoms with van der Waals surface area (Å²) in [4.78, 5) is 24.7. The first-order valence-electron chi connectivity index (χ1n) is 6.80. The van der Waals surface area contributed by atoms with Gasteiger partial charge in [-0.05, 0) is 26.0 Å². The molecule has 1 amide bonds. The van der Waals surface area contributed by atoms with Crippen molar-refractivity contribution in [1.82, 2.24) is 10.2 Å². The Bertz CT molecular complexity index is 557. The van der Waals surface area contributed by atoms with E-state index >= 15 is 0 Å². The van der Waals surface area contributed by atoms with Gasteiger partial charge in [-0.2, -0.15) is 0 Å². The predicted molar refractivity (Wildman–Crippen MR) is 84.9 cm³/mol.